The molecule has 29 heavy (non-hydrogen) atoms. The molecule has 3 aromatic rings. The van der Waals surface area contributed by atoms with Crippen molar-refractivity contribution < 1.29 is 13.2 Å². The normalized spacial score (nSPS) is 19.3. The third-order valence-electron chi connectivity index (χ3n) is 6.54. The van der Waals surface area contributed by atoms with Crippen molar-refractivity contribution in [2.75, 3.05) is 18.0 Å². The molecule has 1 N–H and O–H groups in total. The second-order valence-corrected chi connectivity index (χ2v) is 8.27. The second kappa shape index (κ2) is 6.71. The summed E-state index contributed by atoms with van der Waals surface area (Å²) in [5.41, 5.74) is 1.58. The predicted molar refractivity (Wildman–Crippen MR) is 104 cm³/mol. The van der Waals surface area contributed by atoms with Gasteiger partial charge in [0.2, 0.25) is 5.65 Å². The predicted octanol–water partition coefficient (Wildman–Crippen LogP) is 5.20. The molecule has 1 aliphatic heterocycles. The summed E-state index contributed by atoms with van der Waals surface area (Å²) in [4.78, 5) is 11.4. The Hall–Kier alpha value is -2.64. The maximum Gasteiger partial charge on any atom is 0.416 e. The number of aromatic amines is 1. The summed E-state index contributed by atoms with van der Waals surface area (Å²) in [6, 6.07) is 5.16. The molecule has 1 saturated heterocycles. The number of rotatable bonds is 2. The fourth-order valence-electron chi connectivity index (χ4n) is 4.83. The minimum absolute atomic E-state index is 0.394. The van der Waals surface area contributed by atoms with E-state index in [-0.39, 0.29) is 0 Å². The van der Waals surface area contributed by atoms with Crippen LogP contribution >= 0.6 is 0 Å². The van der Waals surface area contributed by atoms with Gasteiger partial charge in [-0.05, 0) is 43.2 Å². The molecule has 0 amide bonds. The number of alkyl halides is 3. The molecule has 2 fully saturated rings. The molecule has 0 bridgehead atoms. The number of nitrogens with one attached hydrogen (secondary N) is 1. The van der Waals surface area contributed by atoms with Crippen molar-refractivity contribution in [1.82, 2.24) is 20.2 Å². The monoisotopic (exact) mass is 401 g/mol. The van der Waals surface area contributed by atoms with Crippen LogP contribution in [0.3, 0.4) is 0 Å². The van der Waals surface area contributed by atoms with E-state index in [1.807, 2.05) is 0 Å². The van der Waals surface area contributed by atoms with Gasteiger partial charge in [-0.2, -0.15) is 18.3 Å². The van der Waals surface area contributed by atoms with Gasteiger partial charge in [-0.15, -0.1) is 0 Å². The fraction of sp³-hybridized carbons (Fsp3) is 0.476. The maximum absolute atomic E-state index is 13.0. The van der Waals surface area contributed by atoms with E-state index in [2.05, 4.69) is 25.1 Å². The average molecular weight is 401 g/mol. The van der Waals surface area contributed by atoms with Crippen molar-refractivity contribution in [3.63, 3.8) is 0 Å². The molecule has 5 nitrogen and oxygen atoms in total. The molecule has 0 radical (unpaired) electrons. The number of hydrogen-bond donors (Lipinski definition) is 1. The number of fused-ring (bicyclic) bond motifs is 1. The molecule has 5 rings (SSSR count). The zero-order valence-electron chi connectivity index (χ0n) is 16.0. The maximum atomic E-state index is 13.0. The summed E-state index contributed by atoms with van der Waals surface area (Å²) in [5, 5.41) is 7.02. The molecule has 152 valence electrons. The van der Waals surface area contributed by atoms with Gasteiger partial charge in [-0.3, -0.25) is 5.10 Å². The molecule has 0 atom stereocenters. The second-order valence-electron chi connectivity index (χ2n) is 8.27. The summed E-state index contributed by atoms with van der Waals surface area (Å²) in [5.74, 6) is 0.785. The molecule has 8 heteroatoms. The lowest BCUT2D eigenvalue weighted by atomic mass is 9.77. The number of halogens is 3. The van der Waals surface area contributed by atoms with Gasteiger partial charge in [0.1, 0.15) is 11.3 Å². The Morgan fingerprint density at radius 1 is 1.03 bits per heavy atom. The Bertz CT molecular complexity index is 1030. The van der Waals surface area contributed by atoms with Crippen molar-refractivity contribution in [3.05, 3.63) is 36.0 Å². The molecule has 1 aliphatic carbocycles. The first-order valence-corrected chi connectivity index (χ1v) is 10.1. The molecule has 2 aliphatic rings. The van der Waals surface area contributed by atoms with Gasteiger partial charge in [0, 0.05) is 18.7 Å². The first kappa shape index (κ1) is 18.4. The van der Waals surface area contributed by atoms with Crippen LogP contribution in [0.1, 0.15) is 44.1 Å². The van der Waals surface area contributed by atoms with Gasteiger partial charge in [-0.1, -0.05) is 25.0 Å². The van der Waals surface area contributed by atoms with Crippen molar-refractivity contribution in [3.8, 4) is 11.3 Å². The van der Waals surface area contributed by atoms with Crippen LogP contribution in [0.15, 0.2) is 30.5 Å². The van der Waals surface area contributed by atoms with Gasteiger partial charge in [0.15, 0.2) is 0 Å². The SMILES string of the molecule is FC(F)(F)c1cccc(-c2[nH]nc3nc(N4CCC5(CCCC5)CC4)cnc23)c1. The van der Waals surface area contributed by atoms with Crippen LogP contribution in [-0.4, -0.2) is 33.3 Å². The van der Waals surface area contributed by atoms with Crippen LogP contribution < -0.4 is 4.90 Å². The summed E-state index contributed by atoms with van der Waals surface area (Å²) in [6.07, 6.45) is 5.05. The van der Waals surface area contributed by atoms with Crippen LogP contribution in [-0.2, 0) is 6.18 Å². The number of nitrogens with zero attached hydrogens (tertiary/aromatic N) is 4. The van der Waals surface area contributed by atoms with E-state index >= 15 is 0 Å². The quantitative estimate of drug-likeness (QED) is 0.641. The van der Waals surface area contributed by atoms with Crippen molar-refractivity contribution in [1.29, 1.82) is 0 Å². The van der Waals surface area contributed by atoms with Gasteiger partial charge in [-0.25, -0.2) is 9.97 Å². The summed E-state index contributed by atoms with van der Waals surface area (Å²) >= 11 is 0. The van der Waals surface area contributed by atoms with E-state index < -0.39 is 11.7 Å². The van der Waals surface area contributed by atoms with Crippen molar-refractivity contribution in [2.24, 2.45) is 5.41 Å². The first-order chi connectivity index (χ1) is 13.9. The Morgan fingerprint density at radius 3 is 2.52 bits per heavy atom. The Labute approximate surface area is 166 Å². The van der Waals surface area contributed by atoms with Crippen LogP contribution in [0.4, 0.5) is 19.0 Å². The number of hydrogen-bond acceptors (Lipinski definition) is 4. The zero-order chi connectivity index (χ0) is 20.1. The molecule has 1 aromatic carbocycles. The van der Waals surface area contributed by atoms with Crippen LogP contribution in [0.2, 0.25) is 0 Å². The average Bonchev–Trinajstić information content (AvgIpc) is 3.35. The first-order valence-electron chi connectivity index (χ1n) is 10.1. The van der Waals surface area contributed by atoms with Crippen LogP contribution in [0.5, 0.6) is 0 Å². The number of H-pyrrole nitrogens is 1. The molecule has 2 aromatic heterocycles. The number of aromatic nitrogens is 4. The highest BCUT2D eigenvalue weighted by atomic mass is 19.4. The van der Waals surface area contributed by atoms with Gasteiger partial charge in [0.05, 0.1) is 17.5 Å². The lowest BCUT2D eigenvalue weighted by molar-refractivity contribution is -0.137. The summed E-state index contributed by atoms with van der Waals surface area (Å²) < 4.78 is 39.1. The highest BCUT2D eigenvalue weighted by Gasteiger charge is 2.37. The fourth-order valence-corrected chi connectivity index (χ4v) is 4.83. The molecule has 0 unspecified atom stereocenters. The van der Waals surface area contributed by atoms with E-state index in [9.17, 15) is 13.2 Å². The Kier molecular flexibility index (Phi) is 4.26. The number of benzene rings is 1. The molecular formula is C21H22F3N5. The van der Waals surface area contributed by atoms with Crippen molar-refractivity contribution >= 4 is 17.0 Å². The van der Waals surface area contributed by atoms with Crippen LogP contribution in [0, 0.1) is 5.41 Å². The summed E-state index contributed by atoms with van der Waals surface area (Å²) in [7, 11) is 0. The third kappa shape index (κ3) is 3.34. The topological polar surface area (TPSA) is 57.7 Å². The highest BCUT2D eigenvalue weighted by molar-refractivity contribution is 5.88. The van der Waals surface area contributed by atoms with E-state index in [0.29, 0.717) is 27.8 Å². The Morgan fingerprint density at radius 2 is 1.79 bits per heavy atom. The standard InChI is InChI=1S/C21H22F3N5/c22-21(23,24)15-5-3-4-14(12-15)17-18-19(28-27-17)26-16(13-25-18)29-10-8-20(9-11-29)6-1-2-7-20/h3-5,12-13H,1-2,6-11H2,(H,26,27,28). The lowest BCUT2D eigenvalue weighted by Crippen LogP contribution is -2.39. The molecular weight excluding hydrogens is 379 g/mol. The minimum atomic E-state index is -4.39. The van der Waals surface area contributed by atoms with E-state index in [0.717, 1.165) is 31.0 Å². The van der Waals surface area contributed by atoms with E-state index in [4.69, 9.17) is 0 Å². The lowest BCUT2D eigenvalue weighted by Gasteiger charge is -2.39. The van der Waals surface area contributed by atoms with Gasteiger partial charge in [0.25, 0.3) is 0 Å². The smallest absolute Gasteiger partial charge is 0.355 e. The number of piperidine rings is 1. The van der Waals surface area contributed by atoms with Gasteiger partial charge < -0.3 is 4.90 Å². The van der Waals surface area contributed by atoms with Crippen molar-refractivity contribution in [2.45, 2.75) is 44.7 Å². The van der Waals surface area contributed by atoms with Crippen LogP contribution in [0.25, 0.3) is 22.4 Å². The van der Waals surface area contributed by atoms with Gasteiger partial charge >= 0.3 is 6.18 Å². The molecule has 1 saturated carbocycles. The number of anilines is 1. The molecule has 1 spiro atoms. The largest absolute Gasteiger partial charge is 0.416 e. The minimum Gasteiger partial charge on any atom is -0.355 e. The molecule has 3 heterocycles. The van der Waals surface area contributed by atoms with E-state index in [1.54, 1.807) is 12.3 Å². The van der Waals surface area contributed by atoms with E-state index in [1.165, 1.54) is 44.6 Å². The third-order valence-corrected chi connectivity index (χ3v) is 6.54. The highest BCUT2D eigenvalue weighted by Crippen LogP contribution is 2.46. The zero-order valence-corrected chi connectivity index (χ0v) is 16.0. The Balaban J connectivity index is 1.41. The summed E-state index contributed by atoms with van der Waals surface area (Å²) in [6.45, 7) is 1.93.